The Bertz CT molecular complexity index is 1400. The van der Waals surface area contributed by atoms with Crippen LogP contribution in [0.4, 0.5) is 5.82 Å². The third-order valence-electron chi connectivity index (χ3n) is 6.25. The lowest BCUT2D eigenvalue weighted by Gasteiger charge is -2.34. The van der Waals surface area contributed by atoms with E-state index in [4.69, 9.17) is 19.4 Å². The molecule has 1 aliphatic heterocycles. The highest BCUT2D eigenvalue weighted by atomic mass is 127. The summed E-state index contributed by atoms with van der Waals surface area (Å²) in [5.74, 6) is 0.962. The highest BCUT2D eigenvalue weighted by molar-refractivity contribution is 14.2. The predicted octanol–water partition coefficient (Wildman–Crippen LogP) is 4.67. The van der Waals surface area contributed by atoms with Gasteiger partial charge < -0.3 is 14.4 Å². The van der Waals surface area contributed by atoms with Crippen molar-refractivity contribution in [2.45, 2.75) is 19.9 Å². The zero-order valence-corrected chi connectivity index (χ0v) is 22.8. The zero-order chi connectivity index (χ0) is 24.7. The number of ether oxygens (including phenoxy) is 2. The molecule has 1 saturated heterocycles. The normalized spacial score (nSPS) is 16.1. The van der Waals surface area contributed by atoms with Gasteiger partial charge in [-0.25, -0.2) is 14.8 Å². The number of hydrogen-bond donors (Lipinski definition) is 0. The van der Waals surface area contributed by atoms with Crippen LogP contribution >= 0.6 is 30.3 Å². The molecular weight excluding hydrogens is 579 g/mol. The van der Waals surface area contributed by atoms with Gasteiger partial charge in [-0.1, -0.05) is 0 Å². The molecule has 1 atom stereocenters. The maximum absolute atomic E-state index is 12.5. The summed E-state index contributed by atoms with van der Waals surface area (Å²) in [7, 11) is 4.83. The lowest BCUT2D eigenvalue weighted by atomic mass is 10.0. The summed E-state index contributed by atoms with van der Waals surface area (Å²) < 4.78 is 14.5. The second-order valence-corrected chi connectivity index (χ2v) is 10.2. The second-order valence-electron chi connectivity index (χ2n) is 8.51. The fourth-order valence-corrected chi connectivity index (χ4v) is 5.87. The summed E-state index contributed by atoms with van der Waals surface area (Å²) in [4.78, 5) is 24.8. The number of fused-ring (bicyclic) bond motifs is 1. The summed E-state index contributed by atoms with van der Waals surface area (Å²) in [6.45, 7) is 6.17. The Morgan fingerprint density at radius 2 is 2.11 bits per heavy atom. The number of aryl methyl sites for hydroxylation is 2. The molecule has 0 radical (unpaired) electrons. The molecule has 35 heavy (non-hydrogen) atoms. The maximum Gasteiger partial charge on any atom is 0.337 e. The first-order valence-corrected chi connectivity index (χ1v) is 14.5. The molecule has 0 amide bonds. The van der Waals surface area contributed by atoms with E-state index in [-0.39, 0.29) is 6.04 Å². The molecule has 0 bridgehead atoms. The number of aromatic nitrogens is 5. The average molecular weight is 604 g/mol. The molecule has 0 aliphatic carbocycles. The van der Waals surface area contributed by atoms with E-state index in [2.05, 4.69) is 38.1 Å². The van der Waals surface area contributed by atoms with Crippen molar-refractivity contribution in [3.8, 4) is 22.8 Å². The first kappa shape index (κ1) is 24.1. The minimum Gasteiger partial charge on any atom is -0.465 e. The molecule has 1 aromatic carbocycles. The van der Waals surface area contributed by atoms with E-state index in [0.717, 1.165) is 45.8 Å². The van der Waals surface area contributed by atoms with Crippen LogP contribution in [0.15, 0.2) is 36.7 Å². The van der Waals surface area contributed by atoms with Crippen LogP contribution in [0.2, 0.25) is 0 Å². The van der Waals surface area contributed by atoms with E-state index in [1.165, 1.54) is 16.2 Å². The highest BCUT2D eigenvalue weighted by Crippen LogP contribution is 2.35. The lowest BCUT2D eigenvalue weighted by molar-refractivity contribution is 0.0601. The SMILES string of the molecule is COC(=O)c1cc(-c2nc(-c3c(C)cnn3C)cc(N3CCOC[C@H]3C)n2)c2ccn(SI)c2c1. The Hall–Kier alpha value is -2.64. The van der Waals surface area contributed by atoms with E-state index in [1.54, 1.807) is 0 Å². The third kappa shape index (κ3) is 4.40. The van der Waals surface area contributed by atoms with E-state index >= 15 is 0 Å². The number of benzene rings is 1. The van der Waals surface area contributed by atoms with Crippen molar-refractivity contribution in [2.75, 3.05) is 31.8 Å². The molecular formula is C24H25IN6O3S. The summed E-state index contributed by atoms with van der Waals surface area (Å²) in [6.07, 6.45) is 3.81. The van der Waals surface area contributed by atoms with Gasteiger partial charge in [-0.2, -0.15) is 5.10 Å². The standard InChI is InChI=1S/C24H25IN6O3S/c1-14-12-26-29(3)22(14)19-11-21(30-7-8-34-13-15(30)2)28-23(27-19)18-9-16(24(32)33-4)10-20-17(18)5-6-31(20)35-25/h5-6,9-12,15H,7-8,13H2,1-4H3/t15-/m1/s1. The van der Waals surface area contributed by atoms with Crippen molar-refractivity contribution in [3.63, 3.8) is 0 Å². The first-order chi connectivity index (χ1) is 16.9. The van der Waals surface area contributed by atoms with Crippen LogP contribution in [0, 0.1) is 6.92 Å². The minimum atomic E-state index is -0.403. The van der Waals surface area contributed by atoms with Gasteiger partial charge in [0.15, 0.2) is 5.82 Å². The van der Waals surface area contributed by atoms with Crippen LogP contribution in [-0.4, -0.2) is 62.6 Å². The van der Waals surface area contributed by atoms with Gasteiger partial charge in [0.2, 0.25) is 0 Å². The number of carbonyl (C=O) groups is 1. The number of esters is 1. The molecule has 0 N–H and O–H groups in total. The summed E-state index contributed by atoms with van der Waals surface area (Å²) >= 11 is 2.22. The molecule has 1 aliphatic rings. The van der Waals surface area contributed by atoms with Crippen LogP contribution in [0.3, 0.4) is 0 Å². The number of methoxy groups -OCH3 is 1. The van der Waals surface area contributed by atoms with Crippen LogP contribution < -0.4 is 4.90 Å². The van der Waals surface area contributed by atoms with E-state index < -0.39 is 5.97 Å². The van der Waals surface area contributed by atoms with Gasteiger partial charge in [0.1, 0.15) is 5.82 Å². The predicted molar refractivity (Wildman–Crippen MR) is 146 cm³/mol. The van der Waals surface area contributed by atoms with Gasteiger partial charge in [0, 0.05) is 67.1 Å². The topological polar surface area (TPSA) is 87.3 Å². The van der Waals surface area contributed by atoms with Gasteiger partial charge in [-0.3, -0.25) is 8.65 Å². The number of halogens is 1. The Balaban J connectivity index is 1.78. The summed E-state index contributed by atoms with van der Waals surface area (Å²) in [5.41, 5.74) is 4.86. The number of carbonyl (C=O) groups excluding carboxylic acids is 1. The molecule has 182 valence electrons. The van der Waals surface area contributed by atoms with E-state index in [9.17, 15) is 4.79 Å². The second kappa shape index (κ2) is 9.78. The van der Waals surface area contributed by atoms with Crippen molar-refractivity contribution >= 4 is 53.0 Å². The van der Waals surface area contributed by atoms with Gasteiger partial charge >= 0.3 is 5.97 Å². The molecule has 0 unspecified atom stereocenters. The monoisotopic (exact) mass is 604 g/mol. The van der Waals surface area contributed by atoms with E-state index in [1.807, 2.05) is 59.3 Å². The Labute approximate surface area is 219 Å². The average Bonchev–Trinajstić information content (AvgIpc) is 3.44. The van der Waals surface area contributed by atoms with E-state index in [0.29, 0.717) is 24.6 Å². The molecule has 4 aromatic rings. The molecule has 4 heterocycles. The summed E-state index contributed by atoms with van der Waals surface area (Å²) in [5, 5.41) is 5.38. The zero-order valence-electron chi connectivity index (χ0n) is 19.9. The fraction of sp³-hybridized carbons (Fsp3) is 0.333. The van der Waals surface area contributed by atoms with Crippen LogP contribution in [0.1, 0.15) is 22.8 Å². The number of anilines is 1. The molecule has 0 saturated carbocycles. The largest absolute Gasteiger partial charge is 0.465 e. The van der Waals surface area contributed by atoms with Crippen molar-refractivity contribution in [1.29, 1.82) is 0 Å². The highest BCUT2D eigenvalue weighted by Gasteiger charge is 2.24. The van der Waals surface area contributed by atoms with Gasteiger partial charge in [-0.15, -0.1) is 0 Å². The third-order valence-corrected chi connectivity index (χ3v) is 7.99. The lowest BCUT2D eigenvalue weighted by Crippen LogP contribution is -2.44. The van der Waals surface area contributed by atoms with Crippen LogP contribution in [0.25, 0.3) is 33.7 Å². The Kier molecular flexibility index (Phi) is 6.73. The molecule has 1 fully saturated rings. The first-order valence-electron chi connectivity index (χ1n) is 11.2. The van der Waals surface area contributed by atoms with Crippen molar-refractivity contribution in [2.24, 2.45) is 7.05 Å². The minimum absolute atomic E-state index is 0.171. The smallest absolute Gasteiger partial charge is 0.337 e. The number of hydrogen-bond acceptors (Lipinski definition) is 8. The van der Waals surface area contributed by atoms with Crippen LogP contribution in [0.5, 0.6) is 0 Å². The summed E-state index contributed by atoms with van der Waals surface area (Å²) in [6, 6.07) is 7.88. The van der Waals surface area contributed by atoms with Gasteiger partial charge in [-0.05, 0) is 37.6 Å². The Morgan fingerprint density at radius 1 is 1.29 bits per heavy atom. The van der Waals surface area contributed by atoms with Crippen molar-refractivity contribution in [3.05, 3.63) is 47.8 Å². The maximum atomic E-state index is 12.5. The van der Waals surface area contributed by atoms with Gasteiger partial charge in [0.05, 0.1) is 55.0 Å². The number of nitrogens with zero attached hydrogens (tertiary/aromatic N) is 6. The van der Waals surface area contributed by atoms with Gasteiger partial charge in [0.25, 0.3) is 0 Å². The van der Waals surface area contributed by atoms with Crippen molar-refractivity contribution in [1.82, 2.24) is 23.7 Å². The molecule has 11 heteroatoms. The fourth-order valence-electron chi connectivity index (χ4n) is 4.50. The Morgan fingerprint density at radius 3 is 2.80 bits per heavy atom. The molecule has 0 spiro atoms. The molecule has 3 aromatic heterocycles. The molecule has 9 nitrogen and oxygen atoms in total. The quantitative estimate of drug-likeness (QED) is 0.240. The number of rotatable bonds is 5. The van der Waals surface area contributed by atoms with Crippen molar-refractivity contribution < 1.29 is 14.3 Å². The van der Waals surface area contributed by atoms with Crippen LogP contribution in [-0.2, 0) is 16.5 Å². The number of morpholine rings is 1. The molecule has 5 rings (SSSR count).